The van der Waals surface area contributed by atoms with E-state index in [1.165, 1.54) is 0 Å². The maximum atomic E-state index is 12.3. The third-order valence-electron chi connectivity index (χ3n) is 3.85. The van der Waals surface area contributed by atoms with Gasteiger partial charge in [0.05, 0.1) is 0 Å². The molecule has 2 aromatic rings. The number of hydrogen-bond donors (Lipinski definition) is 3. The van der Waals surface area contributed by atoms with Crippen LogP contribution in [-0.2, 0) is 11.3 Å². The largest absolute Gasteiger partial charge is 0.480 e. The van der Waals surface area contributed by atoms with E-state index in [0.717, 1.165) is 5.56 Å². The van der Waals surface area contributed by atoms with Gasteiger partial charge in [0.15, 0.2) is 0 Å². The highest BCUT2D eigenvalue weighted by molar-refractivity contribution is 6.30. The number of halogens is 1. The number of rotatable bonds is 8. The Hall–Kier alpha value is -2.37. The Labute approximate surface area is 158 Å². The molecule has 6 heteroatoms. The lowest BCUT2D eigenvalue weighted by Crippen LogP contribution is -2.37. The van der Waals surface area contributed by atoms with Gasteiger partial charge in [-0.05, 0) is 54.3 Å². The van der Waals surface area contributed by atoms with Gasteiger partial charge in [-0.25, -0.2) is 0 Å². The molecular formula is C20H23ClN2O3. The van der Waals surface area contributed by atoms with Crippen LogP contribution < -0.4 is 10.6 Å². The molecule has 0 heterocycles. The van der Waals surface area contributed by atoms with Gasteiger partial charge in [-0.15, -0.1) is 0 Å². The number of nitrogens with one attached hydrogen (secondary N) is 2. The van der Waals surface area contributed by atoms with Gasteiger partial charge < -0.3 is 15.7 Å². The predicted molar refractivity (Wildman–Crippen MR) is 104 cm³/mol. The summed E-state index contributed by atoms with van der Waals surface area (Å²) in [6, 6.07) is 13.4. The number of carboxylic acids is 1. The second kappa shape index (κ2) is 9.36. The normalized spacial score (nSPS) is 12.0. The van der Waals surface area contributed by atoms with Crippen LogP contribution in [0.3, 0.4) is 0 Å². The minimum absolute atomic E-state index is 0.227. The molecule has 0 radical (unpaired) electrons. The second-order valence-corrected chi connectivity index (χ2v) is 7.00. The summed E-state index contributed by atoms with van der Waals surface area (Å²) in [5, 5.41) is 15.8. The summed E-state index contributed by atoms with van der Waals surface area (Å²) in [5.41, 5.74) is 2.06. The molecule has 3 N–H and O–H groups in total. The number of aliphatic carboxylic acids is 1. The van der Waals surface area contributed by atoms with E-state index in [2.05, 4.69) is 10.6 Å². The van der Waals surface area contributed by atoms with Crippen LogP contribution in [0.1, 0.15) is 36.2 Å². The quantitative estimate of drug-likeness (QED) is 0.647. The van der Waals surface area contributed by atoms with E-state index in [1.54, 1.807) is 30.3 Å². The first-order chi connectivity index (χ1) is 12.3. The van der Waals surface area contributed by atoms with E-state index in [0.29, 0.717) is 29.2 Å². The Kier molecular flexibility index (Phi) is 7.18. The van der Waals surface area contributed by atoms with Crippen molar-refractivity contribution < 1.29 is 14.7 Å². The summed E-state index contributed by atoms with van der Waals surface area (Å²) < 4.78 is 0. The Morgan fingerprint density at radius 2 is 1.81 bits per heavy atom. The van der Waals surface area contributed by atoms with E-state index < -0.39 is 12.0 Å². The van der Waals surface area contributed by atoms with Crippen molar-refractivity contribution in [3.05, 3.63) is 64.7 Å². The molecule has 2 aromatic carbocycles. The predicted octanol–water partition coefficient (Wildman–Crippen LogP) is 4.18. The third kappa shape index (κ3) is 6.17. The van der Waals surface area contributed by atoms with Gasteiger partial charge in [0.2, 0.25) is 0 Å². The molecule has 0 saturated carbocycles. The smallest absolute Gasteiger partial charge is 0.320 e. The van der Waals surface area contributed by atoms with E-state index in [-0.39, 0.29) is 11.8 Å². The van der Waals surface area contributed by atoms with Crippen LogP contribution >= 0.6 is 11.6 Å². The molecule has 0 spiro atoms. The van der Waals surface area contributed by atoms with Crippen molar-refractivity contribution >= 4 is 29.2 Å². The first-order valence-corrected chi connectivity index (χ1v) is 8.85. The van der Waals surface area contributed by atoms with Gasteiger partial charge in [-0.2, -0.15) is 0 Å². The van der Waals surface area contributed by atoms with Crippen molar-refractivity contribution in [3.63, 3.8) is 0 Å². The van der Waals surface area contributed by atoms with Gasteiger partial charge in [0.1, 0.15) is 6.04 Å². The summed E-state index contributed by atoms with van der Waals surface area (Å²) in [5.74, 6) is -0.797. The summed E-state index contributed by atoms with van der Waals surface area (Å²) in [6.07, 6.45) is 0.558. The van der Waals surface area contributed by atoms with E-state index in [4.69, 9.17) is 11.6 Å². The summed E-state index contributed by atoms with van der Waals surface area (Å²) >= 11 is 5.83. The molecule has 0 aliphatic heterocycles. The van der Waals surface area contributed by atoms with Gasteiger partial charge in [0, 0.05) is 22.8 Å². The number of hydrogen-bond acceptors (Lipinski definition) is 3. The van der Waals surface area contributed by atoms with Crippen molar-refractivity contribution in [2.45, 2.75) is 32.9 Å². The van der Waals surface area contributed by atoms with Crippen LogP contribution in [0.25, 0.3) is 0 Å². The number of amides is 1. The van der Waals surface area contributed by atoms with Gasteiger partial charge in [-0.1, -0.05) is 37.6 Å². The highest BCUT2D eigenvalue weighted by Crippen LogP contribution is 2.15. The fraction of sp³-hybridized carbons (Fsp3) is 0.300. The van der Waals surface area contributed by atoms with Crippen molar-refractivity contribution in [2.75, 3.05) is 5.32 Å². The van der Waals surface area contributed by atoms with E-state index >= 15 is 0 Å². The van der Waals surface area contributed by atoms with Crippen molar-refractivity contribution in [3.8, 4) is 0 Å². The molecular weight excluding hydrogens is 352 g/mol. The van der Waals surface area contributed by atoms with E-state index in [1.807, 2.05) is 32.0 Å². The van der Waals surface area contributed by atoms with Gasteiger partial charge in [0.25, 0.3) is 5.91 Å². The fourth-order valence-corrected chi connectivity index (χ4v) is 2.67. The lowest BCUT2D eigenvalue weighted by molar-refractivity contribution is -0.140. The zero-order valence-corrected chi connectivity index (χ0v) is 15.6. The SMILES string of the molecule is CC(C)C[C@@H](NCc1cccc(NC(=O)c2ccc(Cl)cc2)c1)C(=O)O. The zero-order chi connectivity index (χ0) is 19.1. The van der Waals surface area contributed by atoms with Crippen LogP contribution in [0, 0.1) is 5.92 Å². The highest BCUT2D eigenvalue weighted by atomic mass is 35.5. The van der Waals surface area contributed by atoms with Crippen LogP contribution in [0.2, 0.25) is 5.02 Å². The second-order valence-electron chi connectivity index (χ2n) is 6.56. The van der Waals surface area contributed by atoms with Crippen molar-refractivity contribution in [1.29, 1.82) is 0 Å². The van der Waals surface area contributed by atoms with Crippen LogP contribution in [0.5, 0.6) is 0 Å². The molecule has 0 aromatic heterocycles. The molecule has 138 valence electrons. The maximum Gasteiger partial charge on any atom is 0.320 e. The average Bonchev–Trinajstić information content (AvgIpc) is 2.59. The Morgan fingerprint density at radius 1 is 1.12 bits per heavy atom. The molecule has 1 atom stereocenters. The molecule has 26 heavy (non-hydrogen) atoms. The molecule has 0 aliphatic carbocycles. The topological polar surface area (TPSA) is 78.4 Å². The average molecular weight is 375 g/mol. The van der Waals surface area contributed by atoms with Crippen LogP contribution in [0.4, 0.5) is 5.69 Å². The number of anilines is 1. The minimum Gasteiger partial charge on any atom is -0.480 e. The molecule has 2 rings (SSSR count). The zero-order valence-electron chi connectivity index (χ0n) is 14.8. The number of carbonyl (C=O) groups excluding carboxylic acids is 1. The lowest BCUT2D eigenvalue weighted by atomic mass is 10.0. The maximum absolute atomic E-state index is 12.3. The highest BCUT2D eigenvalue weighted by Gasteiger charge is 2.18. The Bertz CT molecular complexity index is 760. The first kappa shape index (κ1) is 19.9. The summed E-state index contributed by atoms with van der Waals surface area (Å²) in [7, 11) is 0. The van der Waals surface area contributed by atoms with Crippen molar-refractivity contribution in [1.82, 2.24) is 5.32 Å². The number of carbonyl (C=O) groups is 2. The van der Waals surface area contributed by atoms with E-state index in [9.17, 15) is 14.7 Å². The summed E-state index contributed by atoms with van der Waals surface area (Å²) in [4.78, 5) is 23.6. The summed E-state index contributed by atoms with van der Waals surface area (Å²) in [6.45, 7) is 4.39. The Balaban J connectivity index is 1.99. The standard InChI is InChI=1S/C20H23ClN2O3/c1-13(2)10-18(20(25)26)22-12-14-4-3-5-17(11-14)23-19(24)15-6-8-16(21)9-7-15/h3-9,11,13,18,22H,10,12H2,1-2H3,(H,23,24)(H,25,26)/t18-/m1/s1. The van der Waals surface area contributed by atoms with Crippen molar-refractivity contribution in [2.24, 2.45) is 5.92 Å². The van der Waals surface area contributed by atoms with Crippen LogP contribution in [0.15, 0.2) is 48.5 Å². The molecule has 0 aliphatic rings. The monoisotopic (exact) mass is 374 g/mol. The molecule has 0 unspecified atom stereocenters. The lowest BCUT2D eigenvalue weighted by Gasteiger charge is -2.17. The third-order valence-corrected chi connectivity index (χ3v) is 4.10. The Morgan fingerprint density at radius 3 is 2.42 bits per heavy atom. The molecule has 5 nitrogen and oxygen atoms in total. The molecule has 1 amide bonds. The number of benzene rings is 2. The fourth-order valence-electron chi connectivity index (χ4n) is 2.55. The minimum atomic E-state index is -0.856. The molecule has 0 bridgehead atoms. The number of carboxylic acid groups (broad SMARTS) is 1. The first-order valence-electron chi connectivity index (χ1n) is 8.47. The molecule has 0 fully saturated rings. The van der Waals surface area contributed by atoms with Gasteiger partial charge in [-0.3, -0.25) is 9.59 Å². The van der Waals surface area contributed by atoms with Crippen LogP contribution in [-0.4, -0.2) is 23.0 Å². The van der Waals surface area contributed by atoms with Gasteiger partial charge >= 0.3 is 5.97 Å². The molecule has 0 saturated heterocycles.